The number of nitrogens with zero attached hydrogens (tertiary/aromatic N) is 1. The van der Waals surface area contributed by atoms with E-state index in [-0.39, 0.29) is 18.3 Å². The zero-order valence-electron chi connectivity index (χ0n) is 32.0. The third-order valence-corrected chi connectivity index (χ3v) is 12.0. The van der Waals surface area contributed by atoms with E-state index < -0.39 is 0 Å². The molecule has 47 heavy (non-hydrogen) atoms. The van der Waals surface area contributed by atoms with E-state index in [2.05, 4.69) is 78.5 Å². The highest BCUT2D eigenvalue weighted by molar-refractivity contribution is 8.76. The lowest BCUT2D eigenvalue weighted by atomic mass is 9.92. The molecular formula is C41H75NO3S2. The summed E-state index contributed by atoms with van der Waals surface area (Å²) in [6.45, 7) is 23.4. The van der Waals surface area contributed by atoms with E-state index in [0.717, 1.165) is 74.0 Å². The van der Waals surface area contributed by atoms with Gasteiger partial charge in [-0.15, -0.1) is 0 Å². The second kappa shape index (κ2) is 26.4. The predicted octanol–water partition coefficient (Wildman–Crippen LogP) is 12.0. The lowest BCUT2D eigenvalue weighted by molar-refractivity contribution is -0.0949. The topological polar surface area (TPSA) is 30.9 Å². The Balaban J connectivity index is 1.55. The maximum Gasteiger partial charge on any atom is 0.119 e. The minimum Gasteiger partial charge on any atom is -0.493 e. The van der Waals surface area contributed by atoms with E-state index in [1.807, 2.05) is 21.6 Å². The molecule has 1 aromatic carbocycles. The highest BCUT2D eigenvalue weighted by Crippen LogP contribution is 2.27. The molecule has 4 atom stereocenters. The predicted molar refractivity (Wildman–Crippen MR) is 210 cm³/mol. The first-order valence-corrected chi connectivity index (χ1v) is 22.2. The zero-order chi connectivity index (χ0) is 34.3. The summed E-state index contributed by atoms with van der Waals surface area (Å²) in [6.07, 6.45) is 18.8. The number of hydrogen-bond donors (Lipinski definition) is 0. The number of unbranched alkanes of at least 4 members (excludes halogenated alkanes) is 2. The van der Waals surface area contributed by atoms with E-state index in [1.54, 1.807) is 0 Å². The van der Waals surface area contributed by atoms with Crippen molar-refractivity contribution < 1.29 is 14.2 Å². The van der Waals surface area contributed by atoms with Crippen LogP contribution in [0.15, 0.2) is 18.2 Å². The van der Waals surface area contributed by atoms with Crippen molar-refractivity contribution in [1.82, 2.24) is 4.90 Å². The van der Waals surface area contributed by atoms with Gasteiger partial charge in [0.15, 0.2) is 0 Å². The Morgan fingerprint density at radius 2 is 1.40 bits per heavy atom. The summed E-state index contributed by atoms with van der Waals surface area (Å²) >= 11 is 0. The van der Waals surface area contributed by atoms with E-state index in [4.69, 9.17) is 14.2 Å². The van der Waals surface area contributed by atoms with Crippen molar-refractivity contribution in [1.29, 1.82) is 0 Å². The Hall–Kier alpha value is -0.400. The van der Waals surface area contributed by atoms with E-state index >= 15 is 0 Å². The lowest BCUT2D eigenvalue weighted by Crippen LogP contribution is -2.34. The third kappa shape index (κ3) is 20.1. The third-order valence-electron chi connectivity index (χ3n) is 9.69. The average Bonchev–Trinajstić information content (AvgIpc) is 3.03. The van der Waals surface area contributed by atoms with Gasteiger partial charge >= 0.3 is 0 Å². The molecule has 0 N–H and O–H groups in total. The minimum atomic E-state index is 0.195. The van der Waals surface area contributed by atoms with E-state index in [1.165, 1.54) is 94.8 Å². The summed E-state index contributed by atoms with van der Waals surface area (Å²) in [4.78, 5) is 2.66. The Kier molecular flexibility index (Phi) is 24.0. The fraction of sp³-hybridized carbons (Fsp3) is 0.854. The molecule has 0 fully saturated rings. The molecule has 0 aliphatic carbocycles. The van der Waals surface area contributed by atoms with Gasteiger partial charge in [-0.2, -0.15) is 0 Å². The molecule has 0 bridgehead atoms. The largest absolute Gasteiger partial charge is 0.493 e. The van der Waals surface area contributed by atoms with Crippen LogP contribution in [0.25, 0.3) is 0 Å². The van der Waals surface area contributed by atoms with Crippen LogP contribution in [0.5, 0.6) is 5.75 Å². The number of fused-ring (bicyclic) bond motifs is 1. The Morgan fingerprint density at radius 1 is 0.723 bits per heavy atom. The summed E-state index contributed by atoms with van der Waals surface area (Å²) < 4.78 is 18.7. The standard InChI is InChI=1S/C41H75NO3S2/c1-9-11-12-21-41(45-34(5)6)40(10-2)44-28-30-47-46-29-27-43-39-23-22-38-32-42(26-24-37(38)31-39)25-15-20-36(8)19-14-18-35(7)17-13-16-33(3)4/h22-23,31,33-36,40-41H,9-21,24-30,32H2,1-8H3. The molecule has 4 nitrogen and oxygen atoms in total. The maximum absolute atomic E-state index is 6.30. The Bertz CT molecular complexity index is 897. The molecular weight excluding hydrogens is 619 g/mol. The highest BCUT2D eigenvalue weighted by Gasteiger charge is 2.22. The molecule has 0 saturated carbocycles. The molecule has 1 aliphatic heterocycles. The second-order valence-corrected chi connectivity index (χ2v) is 17.8. The fourth-order valence-corrected chi connectivity index (χ4v) is 8.50. The van der Waals surface area contributed by atoms with Gasteiger partial charge in [0.25, 0.3) is 0 Å². The highest BCUT2D eigenvalue weighted by atomic mass is 33.1. The van der Waals surface area contributed by atoms with Crippen LogP contribution in [0.4, 0.5) is 0 Å². The summed E-state index contributed by atoms with van der Waals surface area (Å²) in [5.41, 5.74) is 2.97. The normalized spacial score (nSPS) is 16.4. The SMILES string of the molecule is CCCCCC(OC(C)C)C(CC)OCCSSCCOc1ccc2c(c1)CCN(CCCC(C)CCCC(C)CCCC(C)C)C2. The molecule has 0 amide bonds. The Morgan fingerprint density at radius 3 is 2.06 bits per heavy atom. The van der Waals surface area contributed by atoms with Gasteiger partial charge in [0, 0.05) is 24.6 Å². The molecule has 274 valence electrons. The molecule has 6 heteroatoms. The Labute approximate surface area is 300 Å². The summed E-state index contributed by atoms with van der Waals surface area (Å²) in [5, 5.41) is 0. The minimum absolute atomic E-state index is 0.195. The summed E-state index contributed by atoms with van der Waals surface area (Å²) in [6, 6.07) is 6.79. The van der Waals surface area contributed by atoms with Gasteiger partial charge in [0.05, 0.1) is 31.5 Å². The van der Waals surface area contributed by atoms with Crippen molar-refractivity contribution in [3.63, 3.8) is 0 Å². The summed E-state index contributed by atoms with van der Waals surface area (Å²) in [5.74, 6) is 5.62. The van der Waals surface area contributed by atoms with Crippen LogP contribution in [-0.2, 0) is 22.4 Å². The van der Waals surface area contributed by atoms with Crippen molar-refractivity contribution in [3.05, 3.63) is 29.3 Å². The van der Waals surface area contributed by atoms with Crippen molar-refractivity contribution in [3.8, 4) is 5.75 Å². The fourth-order valence-electron chi connectivity index (χ4n) is 6.83. The monoisotopic (exact) mass is 694 g/mol. The van der Waals surface area contributed by atoms with E-state index in [9.17, 15) is 0 Å². The van der Waals surface area contributed by atoms with Crippen LogP contribution in [-0.4, -0.2) is 61.0 Å². The van der Waals surface area contributed by atoms with Gasteiger partial charge in [-0.05, 0) is 93.5 Å². The van der Waals surface area contributed by atoms with Gasteiger partial charge in [-0.25, -0.2) is 0 Å². The van der Waals surface area contributed by atoms with Gasteiger partial charge in [-0.3, -0.25) is 4.90 Å². The lowest BCUT2D eigenvalue weighted by Gasteiger charge is -2.29. The van der Waals surface area contributed by atoms with Crippen LogP contribution in [0.2, 0.25) is 0 Å². The average molecular weight is 694 g/mol. The molecule has 0 aromatic heterocycles. The van der Waals surface area contributed by atoms with Crippen LogP contribution >= 0.6 is 21.6 Å². The smallest absolute Gasteiger partial charge is 0.119 e. The molecule has 1 heterocycles. The molecule has 0 spiro atoms. The zero-order valence-corrected chi connectivity index (χ0v) is 33.7. The van der Waals surface area contributed by atoms with Crippen LogP contribution in [0.1, 0.15) is 150 Å². The number of benzene rings is 1. The van der Waals surface area contributed by atoms with Crippen LogP contribution < -0.4 is 4.74 Å². The quantitative estimate of drug-likeness (QED) is 0.0613. The number of ether oxygens (including phenoxy) is 3. The molecule has 2 rings (SSSR count). The second-order valence-electron chi connectivity index (χ2n) is 15.1. The summed E-state index contributed by atoms with van der Waals surface area (Å²) in [7, 11) is 3.78. The van der Waals surface area contributed by atoms with Crippen molar-refractivity contribution in [2.24, 2.45) is 17.8 Å². The van der Waals surface area contributed by atoms with Gasteiger partial charge in [0.1, 0.15) is 5.75 Å². The molecule has 0 radical (unpaired) electrons. The molecule has 1 aromatic rings. The van der Waals surface area contributed by atoms with Gasteiger partial charge < -0.3 is 14.2 Å². The van der Waals surface area contributed by atoms with Crippen molar-refractivity contribution in [2.45, 2.75) is 170 Å². The first-order chi connectivity index (χ1) is 22.7. The van der Waals surface area contributed by atoms with Crippen LogP contribution in [0, 0.1) is 17.8 Å². The van der Waals surface area contributed by atoms with Crippen molar-refractivity contribution >= 4 is 21.6 Å². The van der Waals surface area contributed by atoms with Crippen LogP contribution in [0.3, 0.4) is 0 Å². The molecule has 0 saturated heterocycles. The maximum atomic E-state index is 6.30. The van der Waals surface area contributed by atoms with Crippen molar-refractivity contribution in [2.75, 3.05) is 37.8 Å². The van der Waals surface area contributed by atoms with Gasteiger partial charge in [0.2, 0.25) is 0 Å². The van der Waals surface area contributed by atoms with Gasteiger partial charge in [-0.1, -0.05) is 127 Å². The first-order valence-electron chi connectivity index (χ1n) is 19.7. The number of hydrogen-bond acceptors (Lipinski definition) is 6. The molecule has 4 unspecified atom stereocenters. The number of rotatable bonds is 29. The first kappa shape index (κ1) is 42.8. The molecule has 1 aliphatic rings. The van der Waals surface area contributed by atoms with E-state index in [0.29, 0.717) is 0 Å².